The van der Waals surface area contributed by atoms with Gasteiger partial charge in [0.15, 0.2) is 0 Å². The molecule has 166 valence electrons. The summed E-state index contributed by atoms with van der Waals surface area (Å²) < 4.78 is 10.9. The van der Waals surface area contributed by atoms with Crippen LogP contribution in [0.1, 0.15) is 29.2 Å². The summed E-state index contributed by atoms with van der Waals surface area (Å²) in [6.45, 7) is 3.52. The van der Waals surface area contributed by atoms with E-state index in [9.17, 15) is 4.79 Å². The molecule has 8 heteroatoms. The number of fused-ring (bicyclic) bond motifs is 1. The Labute approximate surface area is 196 Å². The zero-order valence-corrected chi connectivity index (χ0v) is 19.3. The highest BCUT2D eigenvalue weighted by Gasteiger charge is 2.30. The van der Waals surface area contributed by atoms with Gasteiger partial charge in [0.2, 0.25) is 5.91 Å². The first-order valence-corrected chi connectivity index (χ1v) is 10.9. The summed E-state index contributed by atoms with van der Waals surface area (Å²) in [4.78, 5) is 11.9. The van der Waals surface area contributed by atoms with Crippen LogP contribution in [0.2, 0.25) is 10.0 Å². The molecule has 0 aliphatic heterocycles. The Bertz CT molecular complexity index is 1160. The number of amides is 1. The van der Waals surface area contributed by atoms with Crippen molar-refractivity contribution in [3.63, 3.8) is 0 Å². The Balaban J connectivity index is 1.70. The number of carbonyl (C=O) groups is 1. The first-order chi connectivity index (χ1) is 15.5. The van der Waals surface area contributed by atoms with E-state index in [1.54, 1.807) is 20.3 Å². The monoisotopic (exact) mass is 471 g/mol. The van der Waals surface area contributed by atoms with Crippen LogP contribution in [0.4, 0.5) is 5.69 Å². The largest absolute Gasteiger partial charge is 0.495 e. The van der Waals surface area contributed by atoms with Crippen molar-refractivity contribution >= 4 is 34.8 Å². The van der Waals surface area contributed by atoms with Crippen molar-refractivity contribution in [1.29, 1.82) is 0 Å². The van der Waals surface area contributed by atoms with Gasteiger partial charge in [0.05, 0.1) is 35.6 Å². The van der Waals surface area contributed by atoms with Crippen LogP contribution in [0, 0.1) is 0 Å². The molecule has 3 aromatic rings. The molecule has 1 aliphatic carbocycles. The number of ether oxygens (including phenoxy) is 2. The van der Waals surface area contributed by atoms with Gasteiger partial charge in [-0.05, 0) is 37.3 Å². The second kappa shape index (κ2) is 9.27. The maximum Gasteiger partial charge on any atom is 0.247 e. The number of benzene rings is 2. The summed E-state index contributed by atoms with van der Waals surface area (Å²) in [5.74, 6) is 0.880. The van der Waals surface area contributed by atoms with E-state index in [0.29, 0.717) is 33.7 Å². The topological polar surface area (TPSA) is 76.2 Å². The molecule has 6 nitrogen and oxygen atoms in total. The fraction of sp³-hybridized carbons (Fsp3) is 0.250. The Morgan fingerprint density at radius 3 is 2.56 bits per heavy atom. The molecule has 1 heterocycles. The van der Waals surface area contributed by atoms with E-state index in [-0.39, 0.29) is 11.8 Å². The van der Waals surface area contributed by atoms with E-state index < -0.39 is 0 Å². The number of rotatable bonds is 6. The molecule has 32 heavy (non-hydrogen) atoms. The number of methoxy groups -OCH3 is 2. The van der Waals surface area contributed by atoms with E-state index in [1.807, 2.05) is 24.3 Å². The minimum Gasteiger partial charge on any atom is -0.495 e. The molecule has 1 aliphatic rings. The van der Waals surface area contributed by atoms with Gasteiger partial charge in [-0.3, -0.25) is 9.89 Å². The number of nitrogens with zero attached hydrogens (tertiary/aromatic N) is 1. The minimum absolute atomic E-state index is 0.0792. The van der Waals surface area contributed by atoms with Gasteiger partial charge < -0.3 is 14.8 Å². The van der Waals surface area contributed by atoms with Crippen molar-refractivity contribution in [1.82, 2.24) is 10.2 Å². The molecule has 0 saturated carbocycles. The Kier molecular flexibility index (Phi) is 6.44. The molecule has 2 N–H and O–H groups in total. The molecule has 4 rings (SSSR count). The third-order valence-corrected chi connectivity index (χ3v) is 6.57. The summed E-state index contributed by atoms with van der Waals surface area (Å²) in [5, 5.41) is 11.6. The second-order valence-electron chi connectivity index (χ2n) is 7.53. The maximum atomic E-state index is 11.9. The number of carbonyl (C=O) groups excluding carboxylic acids is 1. The van der Waals surface area contributed by atoms with Crippen LogP contribution in [-0.4, -0.2) is 30.3 Å². The molecule has 0 fully saturated rings. The number of hydrogen-bond acceptors (Lipinski definition) is 4. The number of aromatic nitrogens is 2. The summed E-state index contributed by atoms with van der Waals surface area (Å²) in [6.07, 6.45) is 3.55. The highest BCUT2D eigenvalue weighted by Crippen LogP contribution is 2.48. The zero-order chi connectivity index (χ0) is 22.8. The van der Waals surface area contributed by atoms with Crippen molar-refractivity contribution in [3.8, 4) is 22.8 Å². The van der Waals surface area contributed by atoms with Crippen LogP contribution >= 0.6 is 23.2 Å². The van der Waals surface area contributed by atoms with Crippen molar-refractivity contribution in [2.75, 3.05) is 19.5 Å². The number of halogens is 2. The van der Waals surface area contributed by atoms with Gasteiger partial charge in [0.1, 0.15) is 11.5 Å². The maximum absolute atomic E-state index is 11.9. The molecular formula is C24H23Cl2N3O3. The Morgan fingerprint density at radius 1 is 1.22 bits per heavy atom. The van der Waals surface area contributed by atoms with Crippen LogP contribution in [0.15, 0.2) is 43.0 Å². The minimum atomic E-state index is -0.266. The normalized spacial score (nSPS) is 15.1. The lowest BCUT2D eigenvalue weighted by Crippen LogP contribution is -2.14. The van der Waals surface area contributed by atoms with Crippen molar-refractivity contribution in [2.45, 2.75) is 25.2 Å². The lowest BCUT2D eigenvalue weighted by atomic mass is 9.81. The zero-order valence-electron chi connectivity index (χ0n) is 17.8. The third-order valence-electron chi connectivity index (χ3n) is 5.79. The summed E-state index contributed by atoms with van der Waals surface area (Å²) in [5.41, 5.74) is 5.36. The predicted octanol–water partition coefficient (Wildman–Crippen LogP) is 5.80. The van der Waals surface area contributed by atoms with Gasteiger partial charge in [-0.2, -0.15) is 5.10 Å². The lowest BCUT2D eigenvalue weighted by molar-refractivity contribution is -0.111. The van der Waals surface area contributed by atoms with Gasteiger partial charge in [-0.25, -0.2) is 0 Å². The van der Waals surface area contributed by atoms with E-state index >= 15 is 0 Å². The molecule has 0 spiro atoms. The van der Waals surface area contributed by atoms with Crippen LogP contribution in [0.3, 0.4) is 0 Å². The molecule has 0 saturated heterocycles. The average molecular weight is 472 g/mol. The van der Waals surface area contributed by atoms with E-state index in [0.717, 1.165) is 40.9 Å². The number of H-pyrrole nitrogens is 1. The molecular weight excluding hydrogens is 449 g/mol. The number of nitrogens with one attached hydrogen (secondary N) is 2. The van der Waals surface area contributed by atoms with Crippen LogP contribution < -0.4 is 14.8 Å². The quantitative estimate of drug-likeness (QED) is 0.445. The van der Waals surface area contributed by atoms with Crippen molar-refractivity contribution < 1.29 is 14.3 Å². The van der Waals surface area contributed by atoms with E-state index in [1.165, 1.54) is 6.08 Å². The SMILES string of the molecule is C=CC(=O)Nc1ccccc1-c1n[nH]c2c1CC[C@H](c1c(Cl)c(OC)cc(OC)c1Cl)C2. The molecule has 2 aromatic carbocycles. The Hall–Kier alpha value is -2.96. The van der Waals surface area contributed by atoms with Crippen LogP contribution in [0.5, 0.6) is 11.5 Å². The number of anilines is 1. The average Bonchev–Trinajstić information content (AvgIpc) is 3.23. The fourth-order valence-corrected chi connectivity index (χ4v) is 5.03. The van der Waals surface area contributed by atoms with Crippen LogP contribution in [0.25, 0.3) is 11.3 Å². The highest BCUT2D eigenvalue weighted by molar-refractivity contribution is 6.38. The summed E-state index contributed by atoms with van der Waals surface area (Å²) in [7, 11) is 3.14. The van der Waals surface area contributed by atoms with Gasteiger partial charge in [-0.15, -0.1) is 0 Å². The van der Waals surface area contributed by atoms with Gasteiger partial charge in [0.25, 0.3) is 0 Å². The Morgan fingerprint density at radius 2 is 1.91 bits per heavy atom. The second-order valence-corrected chi connectivity index (χ2v) is 8.29. The van der Waals surface area contributed by atoms with E-state index in [2.05, 4.69) is 22.1 Å². The molecule has 1 atom stereocenters. The van der Waals surface area contributed by atoms with Crippen LogP contribution in [-0.2, 0) is 17.6 Å². The molecule has 1 aromatic heterocycles. The first-order valence-electron chi connectivity index (χ1n) is 10.2. The van der Waals surface area contributed by atoms with Crippen molar-refractivity contribution in [3.05, 3.63) is 69.9 Å². The van der Waals surface area contributed by atoms with Gasteiger partial charge >= 0.3 is 0 Å². The van der Waals surface area contributed by atoms with E-state index in [4.69, 9.17) is 32.7 Å². The fourth-order valence-electron chi connectivity index (χ4n) is 4.22. The molecule has 0 radical (unpaired) electrons. The first kappa shape index (κ1) is 22.2. The lowest BCUT2D eigenvalue weighted by Gasteiger charge is -2.26. The number of aromatic amines is 1. The van der Waals surface area contributed by atoms with Gasteiger partial charge in [0, 0.05) is 28.5 Å². The highest BCUT2D eigenvalue weighted by atomic mass is 35.5. The molecule has 1 amide bonds. The number of para-hydroxylation sites is 1. The predicted molar refractivity (Wildman–Crippen MR) is 127 cm³/mol. The smallest absolute Gasteiger partial charge is 0.247 e. The third kappa shape index (κ3) is 3.96. The molecule has 0 bridgehead atoms. The number of hydrogen-bond donors (Lipinski definition) is 2. The molecule has 0 unspecified atom stereocenters. The summed E-state index contributed by atoms with van der Waals surface area (Å²) in [6, 6.07) is 9.30. The van der Waals surface area contributed by atoms with Crippen molar-refractivity contribution in [2.24, 2.45) is 0 Å². The standard InChI is InChI=1S/C24H23Cl2N3O3/c1-4-20(30)27-16-8-6-5-7-14(16)24-15-10-9-13(11-17(15)28-29-24)21-22(25)18(31-2)12-19(32-3)23(21)26/h4-8,12-13H,1,9-11H2,2-3H3,(H,27,30)(H,28,29)/t13-/m0/s1. The van der Waals surface area contributed by atoms with Gasteiger partial charge in [-0.1, -0.05) is 48.0 Å². The summed E-state index contributed by atoms with van der Waals surface area (Å²) >= 11 is 13.3.